The van der Waals surface area contributed by atoms with Gasteiger partial charge < -0.3 is 15.0 Å². The lowest BCUT2D eigenvalue weighted by Gasteiger charge is -2.28. The van der Waals surface area contributed by atoms with Crippen LogP contribution in [-0.2, 0) is 9.53 Å². The molecule has 1 N–H and O–H groups in total. The van der Waals surface area contributed by atoms with Crippen molar-refractivity contribution < 1.29 is 9.53 Å². The average Bonchev–Trinajstić information content (AvgIpc) is 2.27. The van der Waals surface area contributed by atoms with Gasteiger partial charge in [-0.1, -0.05) is 13.8 Å². The fourth-order valence-corrected chi connectivity index (χ4v) is 1.75. The van der Waals surface area contributed by atoms with Crippen molar-refractivity contribution in [3.63, 3.8) is 0 Å². The molecule has 1 unspecified atom stereocenters. The monoisotopic (exact) mass is 228 g/mol. The molecule has 1 atom stereocenters. The van der Waals surface area contributed by atoms with Crippen LogP contribution in [0.5, 0.6) is 0 Å². The van der Waals surface area contributed by atoms with Crippen molar-refractivity contribution in [1.82, 2.24) is 10.2 Å². The summed E-state index contributed by atoms with van der Waals surface area (Å²) < 4.78 is 5.57. The number of carbonyl (C=O) groups excluding carboxylic acids is 1. The summed E-state index contributed by atoms with van der Waals surface area (Å²) in [4.78, 5) is 13.6. The first-order valence-electron chi connectivity index (χ1n) is 6.16. The molecule has 16 heavy (non-hydrogen) atoms. The van der Waals surface area contributed by atoms with Crippen molar-refractivity contribution in [3.8, 4) is 0 Å². The van der Waals surface area contributed by atoms with Crippen LogP contribution in [0.15, 0.2) is 0 Å². The molecule has 0 aromatic carbocycles. The summed E-state index contributed by atoms with van der Waals surface area (Å²) in [6.45, 7) is 7.49. The molecular weight excluding hydrogens is 204 g/mol. The van der Waals surface area contributed by atoms with Gasteiger partial charge in [0.1, 0.15) is 0 Å². The van der Waals surface area contributed by atoms with Crippen LogP contribution in [0.2, 0.25) is 0 Å². The predicted molar refractivity (Wildman–Crippen MR) is 64.3 cm³/mol. The normalized spacial score (nSPS) is 21.1. The highest BCUT2D eigenvalue weighted by Gasteiger charge is 2.18. The van der Waals surface area contributed by atoms with Crippen LogP contribution in [-0.4, -0.2) is 50.2 Å². The fraction of sp³-hybridized carbons (Fsp3) is 0.917. The van der Waals surface area contributed by atoms with Crippen LogP contribution in [0.3, 0.4) is 0 Å². The Kier molecular flexibility index (Phi) is 5.77. The molecule has 1 fully saturated rings. The molecule has 0 spiro atoms. The minimum atomic E-state index is 0.154. The second kappa shape index (κ2) is 6.86. The van der Waals surface area contributed by atoms with Crippen LogP contribution < -0.4 is 5.32 Å². The van der Waals surface area contributed by atoms with Crippen LogP contribution in [0.25, 0.3) is 0 Å². The van der Waals surface area contributed by atoms with E-state index in [1.54, 1.807) is 4.90 Å². The fourth-order valence-electron chi connectivity index (χ4n) is 1.75. The molecule has 1 saturated heterocycles. The molecule has 94 valence electrons. The molecule has 1 aliphatic heterocycles. The Morgan fingerprint density at radius 1 is 1.56 bits per heavy atom. The quantitative estimate of drug-likeness (QED) is 0.759. The van der Waals surface area contributed by atoms with E-state index >= 15 is 0 Å². The molecule has 1 rings (SSSR count). The van der Waals surface area contributed by atoms with Crippen LogP contribution in [0.4, 0.5) is 0 Å². The third-order valence-electron chi connectivity index (χ3n) is 2.84. The van der Waals surface area contributed by atoms with Gasteiger partial charge in [0, 0.05) is 33.1 Å². The number of nitrogens with one attached hydrogen (secondary N) is 1. The molecular formula is C12H24N2O2. The lowest BCUT2D eigenvalue weighted by molar-refractivity contribution is -0.132. The van der Waals surface area contributed by atoms with Crippen molar-refractivity contribution >= 4 is 5.91 Å². The first-order valence-corrected chi connectivity index (χ1v) is 6.16. The van der Waals surface area contributed by atoms with Gasteiger partial charge in [0.25, 0.3) is 0 Å². The first kappa shape index (κ1) is 13.5. The number of carbonyl (C=O) groups is 1. The zero-order valence-corrected chi connectivity index (χ0v) is 10.7. The van der Waals surface area contributed by atoms with Gasteiger partial charge >= 0.3 is 0 Å². The maximum Gasteiger partial charge on any atom is 0.222 e. The van der Waals surface area contributed by atoms with Gasteiger partial charge in [-0.15, -0.1) is 0 Å². The third-order valence-corrected chi connectivity index (χ3v) is 2.84. The molecule has 0 radical (unpaired) electrons. The van der Waals surface area contributed by atoms with E-state index in [2.05, 4.69) is 19.2 Å². The highest BCUT2D eigenvalue weighted by molar-refractivity contribution is 5.75. The smallest absolute Gasteiger partial charge is 0.222 e. The largest absolute Gasteiger partial charge is 0.374 e. The number of morpholine rings is 1. The highest BCUT2D eigenvalue weighted by atomic mass is 16.5. The summed E-state index contributed by atoms with van der Waals surface area (Å²) in [7, 11) is 1.86. The van der Waals surface area contributed by atoms with Gasteiger partial charge in [-0.2, -0.15) is 0 Å². The molecule has 1 heterocycles. The molecule has 0 bridgehead atoms. The van der Waals surface area contributed by atoms with Crippen molar-refractivity contribution in [3.05, 3.63) is 0 Å². The van der Waals surface area contributed by atoms with Crippen molar-refractivity contribution in [2.45, 2.75) is 32.8 Å². The number of amides is 1. The molecule has 0 aromatic rings. The zero-order chi connectivity index (χ0) is 12.0. The molecule has 4 nitrogen and oxygen atoms in total. The number of hydrogen-bond donors (Lipinski definition) is 1. The standard InChI is InChI=1S/C12H24N2O2/c1-10(2)4-5-12(15)14(3)9-11-8-13-6-7-16-11/h10-11,13H,4-9H2,1-3H3. The van der Waals surface area contributed by atoms with Gasteiger partial charge in [0.2, 0.25) is 5.91 Å². The van der Waals surface area contributed by atoms with Crippen molar-refractivity contribution in [1.29, 1.82) is 0 Å². The van der Waals surface area contributed by atoms with Crippen LogP contribution >= 0.6 is 0 Å². The molecule has 1 amide bonds. The Morgan fingerprint density at radius 2 is 2.31 bits per heavy atom. The number of ether oxygens (including phenoxy) is 1. The highest BCUT2D eigenvalue weighted by Crippen LogP contribution is 2.06. The maximum absolute atomic E-state index is 11.8. The summed E-state index contributed by atoms with van der Waals surface area (Å²) in [6, 6.07) is 0. The van der Waals surface area contributed by atoms with Gasteiger partial charge in [0.05, 0.1) is 12.7 Å². The van der Waals surface area contributed by atoms with Crippen LogP contribution in [0.1, 0.15) is 26.7 Å². The Morgan fingerprint density at radius 3 is 2.88 bits per heavy atom. The number of hydrogen-bond acceptors (Lipinski definition) is 3. The summed E-state index contributed by atoms with van der Waals surface area (Å²) in [5.74, 6) is 0.813. The third kappa shape index (κ3) is 4.94. The Hall–Kier alpha value is -0.610. The summed E-state index contributed by atoms with van der Waals surface area (Å²) in [5.41, 5.74) is 0. The minimum absolute atomic E-state index is 0.154. The molecule has 0 aliphatic carbocycles. The second-order valence-corrected chi connectivity index (χ2v) is 4.90. The Bertz CT molecular complexity index is 213. The van der Waals surface area contributed by atoms with E-state index in [0.717, 1.165) is 26.1 Å². The number of rotatable bonds is 5. The Balaban J connectivity index is 2.21. The van der Waals surface area contributed by atoms with E-state index in [0.29, 0.717) is 18.9 Å². The predicted octanol–water partition coefficient (Wildman–Crippen LogP) is 0.869. The van der Waals surface area contributed by atoms with E-state index < -0.39 is 0 Å². The van der Waals surface area contributed by atoms with Crippen molar-refractivity contribution in [2.24, 2.45) is 5.92 Å². The minimum Gasteiger partial charge on any atom is -0.374 e. The lowest BCUT2D eigenvalue weighted by Crippen LogP contribution is -2.45. The summed E-state index contributed by atoms with van der Waals surface area (Å²) >= 11 is 0. The van der Waals surface area contributed by atoms with Crippen LogP contribution in [0, 0.1) is 5.92 Å². The number of likely N-dealkylation sites (N-methyl/N-ethyl adjacent to an activating group) is 1. The van der Waals surface area contributed by atoms with Gasteiger partial charge in [-0.3, -0.25) is 4.79 Å². The van der Waals surface area contributed by atoms with E-state index in [4.69, 9.17) is 4.74 Å². The molecule has 0 saturated carbocycles. The van der Waals surface area contributed by atoms with Gasteiger partial charge in [-0.25, -0.2) is 0 Å². The van der Waals surface area contributed by atoms with Gasteiger partial charge in [-0.05, 0) is 12.3 Å². The SMILES string of the molecule is CC(C)CCC(=O)N(C)CC1CNCCO1. The Labute approximate surface area is 98.3 Å². The second-order valence-electron chi connectivity index (χ2n) is 4.90. The topological polar surface area (TPSA) is 41.6 Å². The van der Waals surface area contributed by atoms with E-state index in [1.807, 2.05) is 7.05 Å². The maximum atomic E-state index is 11.8. The van der Waals surface area contributed by atoms with E-state index in [9.17, 15) is 4.79 Å². The van der Waals surface area contributed by atoms with Gasteiger partial charge in [0.15, 0.2) is 0 Å². The first-order chi connectivity index (χ1) is 7.59. The summed E-state index contributed by atoms with van der Waals surface area (Å²) in [5, 5.41) is 3.27. The number of nitrogens with zero attached hydrogens (tertiary/aromatic N) is 1. The lowest BCUT2D eigenvalue weighted by atomic mass is 10.1. The molecule has 4 heteroatoms. The van der Waals surface area contributed by atoms with E-state index in [1.165, 1.54) is 0 Å². The summed E-state index contributed by atoms with van der Waals surface area (Å²) in [6.07, 6.45) is 1.77. The zero-order valence-electron chi connectivity index (χ0n) is 10.7. The molecule has 1 aliphatic rings. The van der Waals surface area contributed by atoms with Crippen molar-refractivity contribution in [2.75, 3.05) is 33.3 Å². The average molecular weight is 228 g/mol. The van der Waals surface area contributed by atoms with E-state index in [-0.39, 0.29) is 12.0 Å². The molecule has 0 aromatic heterocycles.